The molecule has 1 N–H and O–H groups in total. The molecule has 0 spiro atoms. The molecule has 0 atom stereocenters. The molecule has 166 valence electrons. The van der Waals surface area contributed by atoms with Gasteiger partial charge in [-0.3, -0.25) is 19.7 Å². The number of nitrogens with one attached hydrogen (secondary N) is 1. The van der Waals surface area contributed by atoms with Crippen LogP contribution in [-0.2, 0) is 9.59 Å². The van der Waals surface area contributed by atoms with E-state index in [4.69, 9.17) is 0 Å². The van der Waals surface area contributed by atoms with Crippen LogP contribution < -0.4 is 10.2 Å². The van der Waals surface area contributed by atoms with Crippen molar-refractivity contribution in [3.05, 3.63) is 104 Å². The number of nitro groups is 1. The first-order valence-corrected chi connectivity index (χ1v) is 10.5. The van der Waals surface area contributed by atoms with Crippen molar-refractivity contribution in [3.63, 3.8) is 0 Å². The Kier molecular flexibility index (Phi) is 5.55. The van der Waals surface area contributed by atoms with Gasteiger partial charge in [0.05, 0.1) is 16.2 Å². The highest BCUT2D eigenvalue weighted by molar-refractivity contribution is 6.46. The standard InChI is InChI=1S/C26H23N3O4/c1-15-12-16(2)14-21(13-15)28-25(30)23(19-8-10-20(11-9-19)29(32)33)24(26(28)31)27-22-7-5-6-17(3)18(22)4/h5-14,27H,1-4H3. The Bertz CT molecular complexity index is 1320. The van der Waals surface area contributed by atoms with Crippen LogP contribution in [0.5, 0.6) is 0 Å². The van der Waals surface area contributed by atoms with Crippen molar-refractivity contribution < 1.29 is 14.5 Å². The lowest BCUT2D eigenvalue weighted by molar-refractivity contribution is -0.384. The lowest BCUT2D eigenvalue weighted by atomic mass is 10.0. The van der Waals surface area contributed by atoms with Crippen LogP contribution in [0.2, 0.25) is 0 Å². The van der Waals surface area contributed by atoms with Gasteiger partial charge in [-0.1, -0.05) is 18.2 Å². The number of carbonyl (C=O) groups excluding carboxylic acids is 2. The lowest BCUT2D eigenvalue weighted by Crippen LogP contribution is -2.32. The minimum atomic E-state index is -0.503. The third-order valence-electron chi connectivity index (χ3n) is 5.78. The Balaban J connectivity index is 1.86. The fourth-order valence-corrected chi connectivity index (χ4v) is 4.00. The summed E-state index contributed by atoms with van der Waals surface area (Å²) in [6.45, 7) is 7.71. The number of hydrogen-bond donors (Lipinski definition) is 1. The van der Waals surface area contributed by atoms with E-state index in [1.54, 1.807) is 12.1 Å². The summed E-state index contributed by atoms with van der Waals surface area (Å²) in [7, 11) is 0. The van der Waals surface area contributed by atoms with Gasteiger partial charge in [0.1, 0.15) is 5.70 Å². The number of carbonyl (C=O) groups is 2. The second kappa shape index (κ2) is 8.35. The molecule has 2 amide bonds. The van der Waals surface area contributed by atoms with Crippen molar-refractivity contribution >= 4 is 34.4 Å². The minimum absolute atomic E-state index is 0.0914. The third-order valence-corrected chi connectivity index (χ3v) is 5.78. The summed E-state index contributed by atoms with van der Waals surface area (Å²) < 4.78 is 0. The third kappa shape index (κ3) is 4.01. The zero-order chi connectivity index (χ0) is 23.9. The van der Waals surface area contributed by atoms with Gasteiger partial charge in [-0.25, -0.2) is 4.90 Å². The number of nitrogens with zero attached hydrogens (tertiary/aromatic N) is 2. The summed E-state index contributed by atoms with van der Waals surface area (Å²) >= 11 is 0. The van der Waals surface area contributed by atoms with Crippen molar-refractivity contribution in [3.8, 4) is 0 Å². The second-order valence-electron chi connectivity index (χ2n) is 8.22. The molecule has 0 saturated carbocycles. The molecule has 0 fully saturated rings. The maximum absolute atomic E-state index is 13.6. The zero-order valence-electron chi connectivity index (χ0n) is 18.8. The SMILES string of the molecule is Cc1cc(C)cc(N2C(=O)C(Nc3cccc(C)c3C)=C(c3ccc([N+](=O)[O-])cc3)C2=O)c1. The topological polar surface area (TPSA) is 92.6 Å². The van der Waals surface area contributed by atoms with Gasteiger partial charge in [-0.05, 0) is 85.8 Å². The van der Waals surface area contributed by atoms with Crippen LogP contribution in [0.1, 0.15) is 27.8 Å². The Morgan fingerprint density at radius 2 is 1.48 bits per heavy atom. The number of non-ortho nitro benzene ring substituents is 1. The number of anilines is 2. The molecule has 1 aliphatic rings. The number of nitro benzene ring substituents is 1. The van der Waals surface area contributed by atoms with E-state index in [9.17, 15) is 19.7 Å². The molecule has 33 heavy (non-hydrogen) atoms. The van der Waals surface area contributed by atoms with E-state index in [-0.39, 0.29) is 17.0 Å². The van der Waals surface area contributed by atoms with Crippen molar-refractivity contribution in [2.24, 2.45) is 0 Å². The monoisotopic (exact) mass is 441 g/mol. The van der Waals surface area contributed by atoms with Crippen LogP contribution in [0, 0.1) is 37.8 Å². The second-order valence-corrected chi connectivity index (χ2v) is 8.22. The lowest BCUT2D eigenvalue weighted by Gasteiger charge is -2.17. The molecule has 0 bridgehead atoms. The summed E-state index contributed by atoms with van der Waals surface area (Å²) in [5.74, 6) is -0.953. The number of aryl methyl sites for hydroxylation is 3. The van der Waals surface area contributed by atoms with E-state index < -0.39 is 16.7 Å². The molecular formula is C26H23N3O4. The van der Waals surface area contributed by atoms with Crippen molar-refractivity contribution in [1.29, 1.82) is 0 Å². The Labute approximate surface area is 191 Å². The van der Waals surface area contributed by atoms with Gasteiger partial charge in [0.25, 0.3) is 17.5 Å². The maximum Gasteiger partial charge on any atom is 0.282 e. The highest BCUT2D eigenvalue weighted by atomic mass is 16.6. The van der Waals surface area contributed by atoms with E-state index in [0.29, 0.717) is 16.9 Å². The van der Waals surface area contributed by atoms with E-state index >= 15 is 0 Å². The van der Waals surface area contributed by atoms with Crippen molar-refractivity contribution in [1.82, 2.24) is 0 Å². The number of rotatable bonds is 5. The minimum Gasteiger partial charge on any atom is -0.350 e. The van der Waals surface area contributed by atoms with Crippen molar-refractivity contribution in [2.75, 3.05) is 10.2 Å². The van der Waals surface area contributed by atoms with Crippen LogP contribution in [-0.4, -0.2) is 16.7 Å². The van der Waals surface area contributed by atoms with Crippen LogP contribution >= 0.6 is 0 Å². The van der Waals surface area contributed by atoms with E-state index in [1.165, 1.54) is 24.3 Å². The number of amides is 2. The maximum atomic E-state index is 13.6. The van der Waals surface area contributed by atoms with Gasteiger partial charge in [0.15, 0.2) is 0 Å². The molecule has 0 aliphatic carbocycles. The number of hydrogen-bond acceptors (Lipinski definition) is 5. The van der Waals surface area contributed by atoms with Gasteiger partial charge in [-0.2, -0.15) is 0 Å². The summed E-state index contributed by atoms with van der Waals surface area (Å²) in [6, 6.07) is 16.9. The first-order chi connectivity index (χ1) is 15.7. The van der Waals surface area contributed by atoms with Gasteiger partial charge >= 0.3 is 0 Å². The van der Waals surface area contributed by atoms with E-state index in [0.717, 1.165) is 27.2 Å². The zero-order valence-corrected chi connectivity index (χ0v) is 18.8. The van der Waals surface area contributed by atoms with Crippen LogP contribution in [0.4, 0.5) is 17.1 Å². The fraction of sp³-hybridized carbons (Fsp3) is 0.154. The first kappa shape index (κ1) is 22.0. The molecule has 7 heteroatoms. The fourth-order valence-electron chi connectivity index (χ4n) is 4.00. The normalized spacial score (nSPS) is 13.6. The summed E-state index contributed by atoms with van der Waals surface area (Å²) in [4.78, 5) is 38.9. The van der Waals surface area contributed by atoms with Gasteiger partial charge in [-0.15, -0.1) is 0 Å². The number of imide groups is 1. The summed E-state index contributed by atoms with van der Waals surface area (Å²) in [6.07, 6.45) is 0. The molecule has 3 aromatic carbocycles. The van der Waals surface area contributed by atoms with Gasteiger partial charge in [0, 0.05) is 17.8 Å². The smallest absolute Gasteiger partial charge is 0.282 e. The largest absolute Gasteiger partial charge is 0.350 e. The summed E-state index contributed by atoms with van der Waals surface area (Å²) in [5.41, 5.74) is 5.71. The molecule has 0 radical (unpaired) electrons. The number of benzene rings is 3. The van der Waals surface area contributed by atoms with Crippen molar-refractivity contribution in [2.45, 2.75) is 27.7 Å². The molecule has 0 unspecified atom stereocenters. The molecule has 1 heterocycles. The highest BCUT2D eigenvalue weighted by Gasteiger charge is 2.40. The molecule has 7 nitrogen and oxygen atoms in total. The molecule has 0 aromatic heterocycles. The molecule has 1 aliphatic heterocycles. The Morgan fingerprint density at radius 3 is 2.09 bits per heavy atom. The summed E-state index contributed by atoms with van der Waals surface area (Å²) in [5, 5.41) is 14.3. The van der Waals surface area contributed by atoms with Crippen LogP contribution in [0.3, 0.4) is 0 Å². The molecule has 4 rings (SSSR count). The molecular weight excluding hydrogens is 418 g/mol. The average Bonchev–Trinajstić information content (AvgIpc) is 3.00. The predicted octanol–water partition coefficient (Wildman–Crippen LogP) is 5.23. The van der Waals surface area contributed by atoms with Crippen LogP contribution in [0.25, 0.3) is 5.57 Å². The molecule has 0 saturated heterocycles. The first-order valence-electron chi connectivity index (χ1n) is 10.5. The molecule has 3 aromatic rings. The quantitative estimate of drug-likeness (QED) is 0.333. The van der Waals surface area contributed by atoms with E-state index in [2.05, 4.69) is 5.32 Å². The van der Waals surface area contributed by atoms with Crippen LogP contribution in [0.15, 0.2) is 66.4 Å². The van der Waals surface area contributed by atoms with Gasteiger partial charge in [0.2, 0.25) is 0 Å². The Morgan fingerprint density at radius 1 is 0.848 bits per heavy atom. The predicted molar refractivity (Wildman–Crippen MR) is 128 cm³/mol. The Hall–Kier alpha value is -4.26. The van der Waals surface area contributed by atoms with E-state index in [1.807, 2.05) is 52.0 Å². The highest BCUT2D eigenvalue weighted by Crippen LogP contribution is 2.35. The van der Waals surface area contributed by atoms with Gasteiger partial charge < -0.3 is 5.32 Å². The average molecular weight is 441 g/mol.